The van der Waals surface area contributed by atoms with Gasteiger partial charge in [0.2, 0.25) is 5.60 Å². The van der Waals surface area contributed by atoms with Crippen molar-refractivity contribution in [2.45, 2.75) is 12.0 Å². The normalized spacial score (nSPS) is 22.2. The number of primary amides is 1. The van der Waals surface area contributed by atoms with Crippen LogP contribution in [0.15, 0.2) is 42.7 Å². The van der Waals surface area contributed by atoms with Crippen molar-refractivity contribution in [3.8, 4) is 0 Å². The molecular weight excluding hydrogens is 370 g/mol. The Hall–Kier alpha value is -3.33. The molecular formula is C19H16F2N4O3. The minimum atomic E-state index is -2.50. The Labute approximate surface area is 157 Å². The molecule has 2 aromatic heterocycles. The molecule has 1 aliphatic rings. The summed E-state index contributed by atoms with van der Waals surface area (Å²) >= 11 is 0. The average Bonchev–Trinajstić information content (AvgIpc) is 3.19. The average molecular weight is 386 g/mol. The molecule has 3 aromatic rings. The zero-order valence-corrected chi connectivity index (χ0v) is 14.5. The van der Waals surface area contributed by atoms with Crippen LogP contribution in [0.5, 0.6) is 0 Å². The first-order valence-corrected chi connectivity index (χ1v) is 8.51. The molecule has 2 amide bonds. The van der Waals surface area contributed by atoms with E-state index in [0.29, 0.717) is 6.07 Å². The maximum Gasteiger partial charge on any atom is 0.270 e. The molecule has 0 radical (unpaired) electrons. The van der Waals surface area contributed by atoms with Crippen molar-refractivity contribution in [3.05, 3.63) is 59.9 Å². The lowest BCUT2D eigenvalue weighted by Gasteiger charge is -2.23. The Bertz CT molecular complexity index is 1080. The Kier molecular flexibility index (Phi) is 4.11. The Balaban J connectivity index is 1.71. The number of halogens is 2. The lowest BCUT2D eigenvalue weighted by atomic mass is 9.84. The number of rotatable bonds is 4. The monoisotopic (exact) mass is 386 g/mol. The third-order valence-electron chi connectivity index (χ3n) is 5.04. The van der Waals surface area contributed by atoms with Crippen LogP contribution in [0, 0.1) is 17.6 Å². The van der Waals surface area contributed by atoms with Crippen LogP contribution in [0.4, 0.5) is 14.6 Å². The third-order valence-corrected chi connectivity index (χ3v) is 5.04. The van der Waals surface area contributed by atoms with E-state index in [2.05, 4.69) is 9.97 Å². The van der Waals surface area contributed by atoms with E-state index >= 15 is 0 Å². The van der Waals surface area contributed by atoms with Crippen LogP contribution >= 0.6 is 0 Å². The van der Waals surface area contributed by atoms with Gasteiger partial charge in [-0.2, -0.15) is 0 Å². The van der Waals surface area contributed by atoms with E-state index in [4.69, 9.17) is 5.73 Å². The van der Waals surface area contributed by atoms with E-state index in [9.17, 15) is 23.5 Å². The Morgan fingerprint density at radius 2 is 2.04 bits per heavy atom. The first-order chi connectivity index (χ1) is 13.3. The standard InChI is InChI=1S/C19H16F2N4O3/c20-13-4-10(5-14(21)7-13)3-12-9-25(18(27)19(12,28)17(22)26)16-6-11-1-2-23-15(11)8-24-16/h1-2,4-8,12,23,28H,3,9H2,(H2,22,26). The third kappa shape index (κ3) is 2.80. The van der Waals surface area contributed by atoms with Gasteiger partial charge in [0.1, 0.15) is 17.5 Å². The molecule has 28 heavy (non-hydrogen) atoms. The fraction of sp³-hybridized carbons (Fsp3) is 0.211. The van der Waals surface area contributed by atoms with Gasteiger partial charge in [0, 0.05) is 30.1 Å². The van der Waals surface area contributed by atoms with Gasteiger partial charge in [-0.3, -0.25) is 14.5 Å². The summed E-state index contributed by atoms with van der Waals surface area (Å²) in [4.78, 5) is 33.2. The van der Waals surface area contributed by atoms with E-state index < -0.39 is 35.0 Å². The topological polar surface area (TPSA) is 112 Å². The van der Waals surface area contributed by atoms with Crippen LogP contribution in [0.25, 0.3) is 10.9 Å². The van der Waals surface area contributed by atoms with Gasteiger partial charge in [-0.25, -0.2) is 13.8 Å². The van der Waals surface area contributed by atoms with Crippen molar-refractivity contribution in [2.75, 3.05) is 11.4 Å². The molecule has 144 valence electrons. The van der Waals surface area contributed by atoms with Crippen molar-refractivity contribution >= 4 is 28.5 Å². The molecule has 0 spiro atoms. The van der Waals surface area contributed by atoms with Crippen molar-refractivity contribution in [3.63, 3.8) is 0 Å². The van der Waals surface area contributed by atoms with Gasteiger partial charge >= 0.3 is 0 Å². The number of anilines is 1. The van der Waals surface area contributed by atoms with Crippen LogP contribution in [0.3, 0.4) is 0 Å². The molecule has 4 N–H and O–H groups in total. The molecule has 1 fully saturated rings. The molecule has 1 aromatic carbocycles. The van der Waals surface area contributed by atoms with Gasteiger partial charge in [-0.05, 0) is 36.2 Å². The molecule has 2 unspecified atom stereocenters. The summed E-state index contributed by atoms with van der Waals surface area (Å²) in [5.74, 6) is -4.47. The summed E-state index contributed by atoms with van der Waals surface area (Å²) in [6.45, 7) is -0.0840. The number of aromatic amines is 1. The number of hydrogen-bond donors (Lipinski definition) is 3. The van der Waals surface area contributed by atoms with Crippen LogP contribution < -0.4 is 10.6 Å². The number of amides is 2. The number of pyridine rings is 1. The number of fused-ring (bicyclic) bond motifs is 1. The minimum absolute atomic E-state index is 0.0840. The fourth-order valence-electron chi connectivity index (χ4n) is 3.63. The largest absolute Gasteiger partial charge is 0.371 e. The smallest absolute Gasteiger partial charge is 0.270 e. The highest BCUT2D eigenvalue weighted by Crippen LogP contribution is 2.35. The van der Waals surface area contributed by atoms with E-state index in [1.165, 1.54) is 6.20 Å². The van der Waals surface area contributed by atoms with Crippen LogP contribution in [0.2, 0.25) is 0 Å². The highest BCUT2D eigenvalue weighted by atomic mass is 19.1. The van der Waals surface area contributed by atoms with Crippen molar-refractivity contribution in [1.82, 2.24) is 9.97 Å². The Morgan fingerprint density at radius 3 is 2.71 bits per heavy atom. The molecule has 0 saturated carbocycles. The van der Waals surface area contributed by atoms with Gasteiger partial charge < -0.3 is 15.8 Å². The summed E-state index contributed by atoms with van der Waals surface area (Å²) in [6.07, 6.45) is 3.11. The second kappa shape index (κ2) is 6.38. The van der Waals surface area contributed by atoms with Gasteiger partial charge in [0.25, 0.3) is 11.8 Å². The number of nitrogens with one attached hydrogen (secondary N) is 1. The summed E-state index contributed by atoms with van der Waals surface area (Å²) in [6, 6.07) is 6.30. The van der Waals surface area contributed by atoms with Gasteiger partial charge in [-0.1, -0.05) is 0 Å². The van der Waals surface area contributed by atoms with Crippen LogP contribution in [-0.2, 0) is 16.0 Å². The molecule has 0 aliphatic carbocycles. The lowest BCUT2D eigenvalue weighted by molar-refractivity contribution is -0.150. The number of aliphatic hydroxyl groups is 1. The fourth-order valence-corrected chi connectivity index (χ4v) is 3.63. The number of nitrogens with zero attached hydrogens (tertiary/aromatic N) is 2. The Morgan fingerprint density at radius 1 is 1.32 bits per heavy atom. The predicted molar refractivity (Wildman–Crippen MR) is 96.1 cm³/mol. The summed E-state index contributed by atoms with van der Waals surface area (Å²) in [7, 11) is 0. The number of nitrogens with two attached hydrogens (primary N) is 1. The minimum Gasteiger partial charge on any atom is -0.371 e. The summed E-state index contributed by atoms with van der Waals surface area (Å²) in [5, 5.41) is 11.6. The van der Waals surface area contributed by atoms with E-state index in [-0.39, 0.29) is 24.3 Å². The second-order valence-corrected chi connectivity index (χ2v) is 6.83. The van der Waals surface area contributed by atoms with E-state index in [0.717, 1.165) is 27.9 Å². The molecule has 9 heteroatoms. The maximum absolute atomic E-state index is 13.5. The number of aromatic nitrogens is 2. The second-order valence-electron chi connectivity index (χ2n) is 6.83. The van der Waals surface area contributed by atoms with Crippen molar-refractivity contribution in [1.29, 1.82) is 0 Å². The van der Waals surface area contributed by atoms with Gasteiger partial charge in [0.05, 0.1) is 11.7 Å². The number of carbonyl (C=O) groups excluding carboxylic acids is 2. The molecule has 1 saturated heterocycles. The molecule has 3 heterocycles. The van der Waals surface area contributed by atoms with Gasteiger partial charge in [0.15, 0.2) is 0 Å². The highest BCUT2D eigenvalue weighted by molar-refractivity contribution is 6.16. The molecule has 0 bridgehead atoms. The first-order valence-electron chi connectivity index (χ1n) is 8.51. The SMILES string of the molecule is NC(=O)C1(O)C(=O)N(c2cc3cc[nH]c3cn2)CC1Cc1cc(F)cc(F)c1. The molecule has 7 nitrogen and oxygen atoms in total. The maximum atomic E-state index is 13.5. The molecule has 1 aliphatic heterocycles. The quantitative estimate of drug-likeness (QED) is 0.586. The summed E-state index contributed by atoms with van der Waals surface area (Å²) < 4.78 is 27.0. The first kappa shape index (κ1) is 18.1. The zero-order valence-electron chi connectivity index (χ0n) is 14.5. The molecule has 2 atom stereocenters. The summed E-state index contributed by atoms with van der Waals surface area (Å²) in [5.41, 5.74) is 3.78. The van der Waals surface area contributed by atoms with Crippen LogP contribution in [0.1, 0.15) is 5.56 Å². The number of benzene rings is 1. The number of H-pyrrole nitrogens is 1. The highest BCUT2D eigenvalue weighted by Gasteiger charge is 2.58. The molecule has 4 rings (SSSR count). The van der Waals surface area contributed by atoms with Crippen LogP contribution in [-0.4, -0.2) is 39.0 Å². The van der Waals surface area contributed by atoms with Crippen molar-refractivity contribution < 1.29 is 23.5 Å². The van der Waals surface area contributed by atoms with Crippen molar-refractivity contribution in [2.24, 2.45) is 11.7 Å². The number of hydrogen-bond acceptors (Lipinski definition) is 4. The zero-order chi connectivity index (χ0) is 20.1. The van der Waals surface area contributed by atoms with E-state index in [1.54, 1.807) is 18.3 Å². The predicted octanol–water partition coefficient (Wildman–Crippen LogP) is 1.26. The number of carbonyl (C=O) groups is 2. The lowest BCUT2D eigenvalue weighted by Crippen LogP contribution is -2.54. The van der Waals surface area contributed by atoms with E-state index in [1.807, 2.05) is 0 Å². The van der Waals surface area contributed by atoms with Gasteiger partial charge in [-0.15, -0.1) is 0 Å².